The molecule has 0 atom stereocenters. The number of benzene rings is 1. The predicted molar refractivity (Wildman–Crippen MR) is 117 cm³/mol. The Balaban J connectivity index is 1.30. The lowest BCUT2D eigenvalue weighted by Crippen LogP contribution is -2.47. The van der Waals surface area contributed by atoms with Gasteiger partial charge in [-0.2, -0.15) is 4.98 Å². The number of aromatic nitrogens is 2. The Hall–Kier alpha value is -2.56. The zero-order valence-electron chi connectivity index (χ0n) is 16.9. The van der Waals surface area contributed by atoms with Crippen molar-refractivity contribution in [2.75, 3.05) is 47.8 Å². The molecule has 2 heterocycles. The number of aryl methyl sites for hydroxylation is 1. The van der Waals surface area contributed by atoms with Crippen LogP contribution >= 0.6 is 0 Å². The Morgan fingerprint density at radius 3 is 2.68 bits per heavy atom. The van der Waals surface area contributed by atoms with Gasteiger partial charge in [0.15, 0.2) is 0 Å². The van der Waals surface area contributed by atoms with Gasteiger partial charge in [0.1, 0.15) is 5.82 Å². The summed E-state index contributed by atoms with van der Waals surface area (Å²) in [5, 5.41) is 3.48. The van der Waals surface area contributed by atoms with Crippen molar-refractivity contribution in [3.8, 4) is 0 Å². The molecule has 0 bridgehead atoms. The van der Waals surface area contributed by atoms with Gasteiger partial charge >= 0.3 is 0 Å². The van der Waals surface area contributed by atoms with Gasteiger partial charge < -0.3 is 15.1 Å². The molecule has 0 radical (unpaired) electrons. The predicted octanol–water partition coefficient (Wildman–Crippen LogP) is 4.41. The van der Waals surface area contributed by atoms with E-state index in [1.807, 2.05) is 12.3 Å². The fraction of sp³-hybridized carbons (Fsp3) is 0.478. The van der Waals surface area contributed by atoms with Crippen LogP contribution in [0.2, 0.25) is 0 Å². The second-order valence-electron chi connectivity index (χ2n) is 7.84. The van der Waals surface area contributed by atoms with Gasteiger partial charge in [0, 0.05) is 44.6 Å². The van der Waals surface area contributed by atoms with Crippen LogP contribution in [0.3, 0.4) is 0 Å². The molecule has 1 saturated heterocycles. The van der Waals surface area contributed by atoms with Gasteiger partial charge in [-0.25, -0.2) is 4.98 Å². The molecule has 0 unspecified atom stereocenters. The molecule has 1 aliphatic carbocycles. The minimum Gasteiger partial charge on any atom is -0.370 e. The highest BCUT2D eigenvalue weighted by molar-refractivity contribution is 5.50. The first kappa shape index (κ1) is 18.8. The normalized spacial score (nSPS) is 17.4. The summed E-state index contributed by atoms with van der Waals surface area (Å²) in [5.74, 6) is 1.77. The molecular weight excluding hydrogens is 346 g/mol. The Morgan fingerprint density at radius 1 is 1.04 bits per heavy atom. The van der Waals surface area contributed by atoms with E-state index in [4.69, 9.17) is 4.98 Å². The molecule has 2 aliphatic rings. The van der Waals surface area contributed by atoms with Crippen molar-refractivity contribution in [1.29, 1.82) is 0 Å². The van der Waals surface area contributed by atoms with Crippen molar-refractivity contribution < 1.29 is 0 Å². The Labute approximate surface area is 168 Å². The second kappa shape index (κ2) is 9.09. The quantitative estimate of drug-likeness (QED) is 0.755. The van der Waals surface area contributed by atoms with E-state index in [2.05, 4.69) is 57.4 Å². The van der Waals surface area contributed by atoms with Gasteiger partial charge in [0.05, 0.1) is 0 Å². The third-order valence-electron chi connectivity index (χ3n) is 5.71. The van der Waals surface area contributed by atoms with E-state index < -0.39 is 0 Å². The monoisotopic (exact) mass is 377 g/mol. The van der Waals surface area contributed by atoms with Gasteiger partial charge in [0.25, 0.3) is 0 Å². The summed E-state index contributed by atoms with van der Waals surface area (Å²) >= 11 is 0. The third kappa shape index (κ3) is 4.83. The molecule has 2 aromatic rings. The van der Waals surface area contributed by atoms with Crippen LogP contribution in [-0.4, -0.2) is 42.7 Å². The van der Waals surface area contributed by atoms with Crippen molar-refractivity contribution in [2.45, 2.75) is 39.0 Å². The van der Waals surface area contributed by atoms with Crippen LogP contribution in [-0.2, 0) is 0 Å². The van der Waals surface area contributed by atoms with Gasteiger partial charge in [-0.15, -0.1) is 0 Å². The van der Waals surface area contributed by atoms with E-state index in [-0.39, 0.29) is 0 Å². The summed E-state index contributed by atoms with van der Waals surface area (Å²) in [4.78, 5) is 14.0. The lowest BCUT2D eigenvalue weighted by Gasteiger charge is -2.36. The third-order valence-corrected chi connectivity index (χ3v) is 5.71. The zero-order chi connectivity index (χ0) is 19.2. The first-order chi connectivity index (χ1) is 13.8. The van der Waals surface area contributed by atoms with Crippen LogP contribution in [0.25, 0.3) is 0 Å². The van der Waals surface area contributed by atoms with E-state index in [0.717, 1.165) is 50.9 Å². The molecule has 5 nitrogen and oxygen atoms in total. The average molecular weight is 378 g/mol. The molecule has 28 heavy (non-hydrogen) atoms. The minimum atomic E-state index is 0.839. The maximum Gasteiger partial charge on any atom is 0.227 e. The fourth-order valence-electron chi connectivity index (χ4n) is 4.07. The molecule has 0 saturated carbocycles. The Bertz CT molecular complexity index is 808. The highest BCUT2D eigenvalue weighted by Crippen LogP contribution is 2.21. The number of piperazine rings is 1. The summed E-state index contributed by atoms with van der Waals surface area (Å²) in [6.07, 6.45) is 10.6. The molecule has 1 aromatic heterocycles. The topological polar surface area (TPSA) is 44.3 Å². The summed E-state index contributed by atoms with van der Waals surface area (Å²) in [6.45, 7) is 6.99. The van der Waals surface area contributed by atoms with Crippen molar-refractivity contribution in [1.82, 2.24) is 9.97 Å². The highest BCUT2D eigenvalue weighted by atomic mass is 15.3. The van der Waals surface area contributed by atoms with Crippen molar-refractivity contribution >= 4 is 17.5 Å². The van der Waals surface area contributed by atoms with E-state index >= 15 is 0 Å². The molecule has 1 fully saturated rings. The summed E-state index contributed by atoms with van der Waals surface area (Å²) in [5.41, 5.74) is 4.22. The molecule has 0 spiro atoms. The number of hydrogen-bond donors (Lipinski definition) is 1. The van der Waals surface area contributed by atoms with Gasteiger partial charge in [-0.3, -0.25) is 0 Å². The van der Waals surface area contributed by atoms with Gasteiger partial charge in [0.2, 0.25) is 5.95 Å². The molecule has 1 aliphatic heterocycles. The highest BCUT2D eigenvalue weighted by Gasteiger charge is 2.19. The first-order valence-electron chi connectivity index (χ1n) is 10.6. The van der Waals surface area contributed by atoms with E-state index in [1.54, 1.807) is 5.57 Å². The number of nitrogens with one attached hydrogen (secondary N) is 1. The summed E-state index contributed by atoms with van der Waals surface area (Å²) in [6, 6.07) is 10.7. The van der Waals surface area contributed by atoms with Gasteiger partial charge in [-0.05, 0) is 62.8 Å². The number of anilines is 3. The molecule has 1 aromatic carbocycles. The van der Waals surface area contributed by atoms with Crippen LogP contribution in [0, 0.1) is 6.92 Å². The molecule has 0 amide bonds. The van der Waals surface area contributed by atoms with Crippen LogP contribution in [0.4, 0.5) is 17.5 Å². The van der Waals surface area contributed by atoms with E-state index in [1.165, 1.54) is 36.9 Å². The average Bonchev–Trinajstić information content (AvgIpc) is 2.75. The molecule has 1 N–H and O–H groups in total. The van der Waals surface area contributed by atoms with Crippen molar-refractivity contribution in [2.24, 2.45) is 0 Å². The Morgan fingerprint density at radius 2 is 1.89 bits per heavy atom. The smallest absolute Gasteiger partial charge is 0.227 e. The number of hydrogen-bond acceptors (Lipinski definition) is 5. The SMILES string of the molecule is Cc1cccc(N2CCN(c3nccc(NCCC4=CCCCC4)n3)CC2)c1. The van der Waals surface area contributed by atoms with Crippen LogP contribution in [0.5, 0.6) is 0 Å². The number of rotatable bonds is 6. The van der Waals surface area contributed by atoms with Crippen LogP contribution in [0.15, 0.2) is 48.2 Å². The maximum atomic E-state index is 4.76. The summed E-state index contributed by atoms with van der Waals surface area (Å²) in [7, 11) is 0. The van der Waals surface area contributed by atoms with Gasteiger partial charge in [-0.1, -0.05) is 23.8 Å². The van der Waals surface area contributed by atoms with Crippen LogP contribution in [0.1, 0.15) is 37.7 Å². The number of nitrogens with zero attached hydrogens (tertiary/aromatic N) is 4. The summed E-state index contributed by atoms with van der Waals surface area (Å²) < 4.78 is 0. The lowest BCUT2D eigenvalue weighted by molar-refractivity contribution is 0.640. The Kier molecular flexibility index (Phi) is 6.10. The van der Waals surface area contributed by atoms with E-state index in [9.17, 15) is 0 Å². The van der Waals surface area contributed by atoms with Crippen molar-refractivity contribution in [3.05, 3.63) is 53.7 Å². The standard InChI is InChI=1S/C23H31N5/c1-19-6-5-9-21(18-19)27-14-16-28(17-15-27)23-25-13-11-22(26-23)24-12-10-20-7-3-2-4-8-20/h5-7,9,11,13,18H,2-4,8,10,12,14-17H2,1H3,(H,24,25,26). The molecule has 4 rings (SSSR count). The fourth-order valence-corrected chi connectivity index (χ4v) is 4.07. The largest absolute Gasteiger partial charge is 0.370 e. The van der Waals surface area contributed by atoms with Crippen molar-refractivity contribution in [3.63, 3.8) is 0 Å². The minimum absolute atomic E-state index is 0.839. The molecular formula is C23H31N5. The first-order valence-corrected chi connectivity index (χ1v) is 10.6. The molecule has 5 heteroatoms. The van der Waals surface area contributed by atoms with E-state index in [0.29, 0.717) is 0 Å². The lowest BCUT2D eigenvalue weighted by atomic mass is 9.97. The zero-order valence-corrected chi connectivity index (χ0v) is 16.9. The molecule has 148 valence electrons. The number of allylic oxidation sites excluding steroid dienone is 1. The second-order valence-corrected chi connectivity index (χ2v) is 7.84. The van der Waals surface area contributed by atoms with Crippen LogP contribution < -0.4 is 15.1 Å². The maximum absolute atomic E-state index is 4.76.